The van der Waals surface area contributed by atoms with Crippen molar-refractivity contribution in [2.75, 3.05) is 0 Å². The highest BCUT2D eigenvalue weighted by Gasteiger charge is 2.25. The number of benzene rings is 1. The van der Waals surface area contributed by atoms with Crippen molar-refractivity contribution in [3.63, 3.8) is 0 Å². The van der Waals surface area contributed by atoms with Crippen LogP contribution in [0.1, 0.15) is 40.2 Å². The van der Waals surface area contributed by atoms with Crippen LogP contribution in [-0.2, 0) is 10.0 Å². The highest BCUT2D eigenvalue weighted by molar-refractivity contribution is 6.31. The van der Waals surface area contributed by atoms with E-state index in [1.165, 1.54) is 0 Å². The molecule has 0 aliphatic carbocycles. The van der Waals surface area contributed by atoms with Crippen LogP contribution in [0.3, 0.4) is 0 Å². The van der Waals surface area contributed by atoms with Crippen molar-refractivity contribution in [2.24, 2.45) is 0 Å². The summed E-state index contributed by atoms with van der Waals surface area (Å²) in [4.78, 5) is 0. The van der Waals surface area contributed by atoms with E-state index in [0.29, 0.717) is 9.76 Å². The number of aromatic hydroxyl groups is 1. The van der Waals surface area contributed by atoms with Crippen LogP contribution in [0.25, 0.3) is 0 Å². The summed E-state index contributed by atoms with van der Waals surface area (Å²) in [6, 6.07) is 7.25. The number of hydrogen-bond donors (Lipinski definition) is 1. The molecule has 1 rings (SSSR count). The quantitative estimate of drug-likeness (QED) is 0.814. The van der Waals surface area contributed by atoms with Crippen LogP contribution in [0.2, 0.25) is 5.04 Å². The standard InChI is InChI=1S/C13H20O2Si/c1-12(2,3)16-15-13(4,5)10-7-6-8-11(14)9-10/h6-9,14H,1-5H3. The summed E-state index contributed by atoms with van der Waals surface area (Å²) in [5.41, 5.74) is 0.647. The maximum absolute atomic E-state index is 9.45. The smallest absolute Gasteiger partial charge is 0.236 e. The zero-order valence-electron chi connectivity index (χ0n) is 10.7. The first-order chi connectivity index (χ1) is 7.21. The lowest BCUT2D eigenvalue weighted by atomic mass is 9.98. The van der Waals surface area contributed by atoms with Gasteiger partial charge in [-0.15, -0.1) is 0 Å². The third-order valence-corrected chi connectivity index (χ3v) is 3.38. The number of phenols is 1. The first-order valence-corrected chi connectivity index (χ1v) is 6.36. The maximum Gasteiger partial charge on any atom is 0.236 e. The normalized spacial score (nSPS) is 12.8. The Bertz CT molecular complexity index is 353. The monoisotopic (exact) mass is 236 g/mol. The SMILES string of the molecule is CC(C)(C)[Si]OC(C)(C)c1cccc(O)c1. The Labute approximate surface area is 101 Å². The van der Waals surface area contributed by atoms with Crippen molar-refractivity contribution in [1.29, 1.82) is 0 Å². The van der Waals surface area contributed by atoms with Gasteiger partial charge in [-0.1, -0.05) is 32.9 Å². The molecule has 0 saturated heterocycles. The fraction of sp³-hybridized carbons (Fsp3) is 0.538. The Morgan fingerprint density at radius 3 is 2.25 bits per heavy atom. The molecule has 0 saturated carbocycles. The molecule has 0 aliphatic heterocycles. The summed E-state index contributed by atoms with van der Waals surface area (Å²) in [5.74, 6) is 0.285. The van der Waals surface area contributed by atoms with E-state index in [1.807, 2.05) is 26.0 Å². The van der Waals surface area contributed by atoms with Gasteiger partial charge in [-0.2, -0.15) is 0 Å². The van der Waals surface area contributed by atoms with Crippen LogP contribution in [0.15, 0.2) is 24.3 Å². The predicted molar refractivity (Wildman–Crippen MR) is 67.7 cm³/mol. The van der Waals surface area contributed by atoms with E-state index >= 15 is 0 Å². The average Bonchev–Trinajstić information content (AvgIpc) is 2.14. The molecule has 1 aromatic rings. The number of phenolic OH excluding ortho intramolecular Hbond substituents is 1. The summed E-state index contributed by atoms with van der Waals surface area (Å²) < 4.78 is 5.95. The molecule has 0 amide bonds. The summed E-state index contributed by atoms with van der Waals surface area (Å²) in [6.45, 7) is 10.5. The third-order valence-electron chi connectivity index (χ3n) is 2.15. The molecule has 0 unspecified atom stereocenters. The molecular weight excluding hydrogens is 216 g/mol. The Hall–Kier alpha value is -0.803. The molecule has 0 fully saturated rings. The topological polar surface area (TPSA) is 29.5 Å². The zero-order chi connectivity index (χ0) is 12.4. The van der Waals surface area contributed by atoms with E-state index < -0.39 is 0 Å². The van der Waals surface area contributed by atoms with E-state index in [-0.39, 0.29) is 16.4 Å². The van der Waals surface area contributed by atoms with Gasteiger partial charge in [0, 0.05) is 0 Å². The lowest BCUT2D eigenvalue weighted by Gasteiger charge is -2.29. The molecule has 16 heavy (non-hydrogen) atoms. The molecule has 88 valence electrons. The number of hydrogen-bond acceptors (Lipinski definition) is 2. The molecule has 3 heteroatoms. The molecule has 2 radical (unpaired) electrons. The minimum Gasteiger partial charge on any atom is -0.508 e. The van der Waals surface area contributed by atoms with E-state index in [2.05, 4.69) is 20.8 Å². The lowest BCUT2D eigenvalue weighted by molar-refractivity contribution is 0.109. The maximum atomic E-state index is 9.45. The molecule has 0 heterocycles. The number of rotatable bonds is 3. The van der Waals surface area contributed by atoms with Gasteiger partial charge in [0.05, 0.1) is 5.60 Å². The molecule has 1 N–H and O–H groups in total. The van der Waals surface area contributed by atoms with Crippen LogP contribution in [0.4, 0.5) is 0 Å². The molecule has 1 aromatic carbocycles. The van der Waals surface area contributed by atoms with Crippen LogP contribution >= 0.6 is 0 Å². The molecule has 0 aromatic heterocycles. The predicted octanol–water partition coefficient (Wildman–Crippen LogP) is 3.48. The van der Waals surface area contributed by atoms with Crippen molar-refractivity contribution in [2.45, 2.75) is 45.3 Å². The van der Waals surface area contributed by atoms with Crippen molar-refractivity contribution in [3.05, 3.63) is 29.8 Å². The van der Waals surface area contributed by atoms with Crippen molar-refractivity contribution in [1.82, 2.24) is 0 Å². The highest BCUT2D eigenvalue weighted by Crippen LogP contribution is 2.30. The Morgan fingerprint density at radius 2 is 1.75 bits per heavy atom. The molecule has 0 bridgehead atoms. The second-order valence-electron chi connectivity index (χ2n) is 5.51. The van der Waals surface area contributed by atoms with Crippen molar-refractivity contribution >= 4 is 9.76 Å². The van der Waals surface area contributed by atoms with Crippen molar-refractivity contribution < 1.29 is 9.53 Å². The average molecular weight is 236 g/mol. The third kappa shape index (κ3) is 3.98. The highest BCUT2D eigenvalue weighted by atomic mass is 28.2. The van der Waals surface area contributed by atoms with Gasteiger partial charge in [0.1, 0.15) is 5.75 Å². The van der Waals surface area contributed by atoms with Gasteiger partial charge in [0.2, 0.25) is 9.76 Å². The fourth-order valence-electron chi connectivity index (χ4n) is 1.22. The zero-order valence-corrected chi connectivity index (χ0v) is 11.7. The van der Waals surface area contributed by atoms with Gasteiger partial charge < -0.3 is 9.53 Å². The first-order valence-electron chi connectivity index (χ1n) is 5.45. The van der Waals surface area contributed by atoms with Crippen LogP contribution in [0.5, 0.6) is 5.75 Å². The van der Waals surface area contributed by atoms with E-state index in [0.717, 1.165) is 5.56 Å². The van der Waals surface area contributed by atoms with E-state index in [9.17, 15) is 5.11 Å². The van der Waals surface area contributed by atoms with Crippen LogP contribution in [-0.4, -0.2) is 14.9 Å². The minimum atomic E-state index is -0.357. The molecule has 0 spiro atoms. The van der Waals surface area contributed by atoms with Gasteiger partial charge in [0.15, 0.2) is 0 Å². The van der Waals surface area contributed by atoms with Gasteiger partial charge in [-0.25, -0.2) is 0 Å². The summed E-state index contributed by atoms with van der Waals surface area (Å²) in [5, 5.41) is 9.63. The van der Waals surface area contributed by atoms with Gasteiger partial charge in [-0.05, 0) is 36.6 Å². The van der Waals surface area contributed by atoms with Gasteiger partial charge in [-0.3, -0.25) is 0 Å². The van der Waals surface area contributed by atoms with Crippen LogP contribution in [0, 0.1) is 0 Å². The fourth-order valence-corrected chi connectivity index (χ4v) is 1.90. The molecule has 2 nitrogen and oxygen atoms in total. The summed E-state index contributed by atoms with van der Waals surface area (Å²) in [6.07, 6.45) is 0. The second kappa shape index (κ2) is 4.59. The Morgan fingerprint density at radius 1 is 1.12 bits per heavy atom. The largest absolute Gasteiger partial charge is 0.508 e. The van der Waals surface area contributed by atoms with E-state index in [4.69, 9.17) is 4.43 Å². The minimum absolute atomic E-state index is 0.175. The molecule has 0 aliphatic rings. The van der Waals surface area contributed by atoms with Gasteiger partial charge >= 0.3 is 0 Å². The van der Waals surface area contributed by atoms with Gasteiger partial charge in [0.25, 0.3) is 0 Å². The summed E-state index contributed by atoms with van der Waals surface area (Å²) in [7, 11) is 0.434. The lowest BCUT2D eigenvalue weighted by Crippen LogP contribution is -2.27. The second-order valence-corrected chi connectivity index (χ2v) is 7.42. The van der Waals surface area contributed by atoms with E-state index in [1.54, 1.807) is 12.1 Å². The van der Waals surface area contributed by atoms with Crippen LogP contribution < -0.4 is 0 Å². The Kier molecular flexibility index (Phi) is 3.81. The first kappa shape index (κ1) is 13.3. The molecule has 0 atom stereocenters. The Balaban J connectivity index is 2.77. The molecular formula is C13H20O2Si. The summed E-state index contributed by atoms with van der Waals surface area (Å²) >= 11 is 0. The van der Waals surface area contributed by atoms with Crippen molar-refractivity contribution in [3.8, 4) is 5.75 Å².